The Kier molecular flexibility index (Phi) is 7.18. The van der Waals surface area contributed by atoms with E-state index in [1.54, 1.807) is 24.3 Å². The van der Waals surface area contributed by atoms with Gasteiger partial charge < -0.3 is 15.4 Å². The van der Waals surface area contributed by atoms with E-state index in [0.717, 1.165) is 24.2 Å². The molecule has 0 radical (unpaired) electrons. The third-order valence-corrected chi connectivity index (χ3v) is 5.63. The summed E-state index contributed by atoms with van der Waals surface area (Å²) in [6, 6.07) is 24.2. The fourth-order valence-electron chi connectivity index (χ4n) is 3.93. The molecular formula is C27H28N2O3. The van der Waals surface area contributed by atoms with Gasteiger partial charge in [-0.1, -0.05) is 42.5 Å². The number of ether oxygens (including phenoxy) is 1. The Hall–Kier alpha value is -3.60. The molecule has 1 aliphatic rings. The molecule has 5 heteroatoms. The van der Waals surface area contributed by atoms with Gasteiger partial charge in [0.15, 0.2) is 0 Å². The van der Waals surface area contributed by atoms with Crippen molar-refractivity contribution in [1.29, 1.82) is 0 Å². The van der Waals surface area contributed by atoms with Crippen LogP contribution in [0.1, 0.15) is 48.0 Å². The maximum atomic E-state index is 12.6. The van der Waals surface area contributed by atoms with Gasteiger partial charge in [0, 0.05) is 12.0 Å². The lowest BCUT2D eigenvalue weighted by molar-refractivity contribution is -0.116. The minimum Gasteiger partial charge on any atom is -0.490 e. The fraction of sp³-hybridized carbons (Fsp3) is 0.259. The van der Waals surface area contributed by atoms with Crippen LogP contribution in [-0.2, 0) is 11.2 Å². The average molecular weight is 429 g/mol. The second kappa shape index (κ2) is 10.6. The summed E-state index contributed by atoms with van der Waals surface area (Å²) >= 11 is 0. The third kappa shape index (κ3) is 5.97. The van der Waals surface area contributed by atoms with Gasteiger partial charge in [0.25, 0.3) is 5.91 Å². The van der Waals surface area contributed by atoms with Gasteiger partial charge in [-0.15, -0.1) is 0 Å². The maximum absolute atomic E-state index is 12.6. The minimum absolute atomic E-state index is 0.103. The highest BCUT2D eigenvalue weighted by atomic mass is 16.5. The molecule has 5 nitrogen and oxygen atoms in total. The van der Waals surface area contributed by atoms with E-state index in [2.05, 4.69) is 10.6 Å². The van der Waals surface area contributed by atoms with Crippen molar-refractivity contribution in [2.24, 2.45) is 0 Å². The number of benzene rings is 3. The van der Waals surface area contributed by atoms with Crippen LogP contribution >= 0.6 is 0 Å². The molecule has 0 bridgehead atoms. The van der Waals surface area contributed by atoms with Crippen molar-refractivity contribution in [3.8, 4) is 5.75 Å². The van der Waals surface area contributed by atoms with Crippen LogP contribution in [0.5, 0.6) is 5.75 Å². The van der Waals surface area contributed by atoms with Crippen LogP contribution in [0, 0.1) is 0 Å². The van der Waals surface area contributed by atoms with Crippen molar-refractivity contribution in [1.82, 2.24) is 0 Å². The van der Waals surface area contributed by atoms with Crippen molar-refractivity contribution in [3.05, 3.63) is 90.0 Å². The molecule has 2 N–H and O–H groups in total. The van der Waals surface area contributed by atoms with Crippen LogP contribution in [0.2, 0.25) is 0 Å². The summed E-state index contributed by atoms with van der Waals surface area (Å²) in [6.07, 6.45) is 5.98. The molecule has 1 aliphatic carbocycles. The average Bonchev–Trinajstić information content (AvgIpc) is 3.33. The Morgan fingerprint density at radius 2 is 1.50 bits per heavy atom. The first-order chi connectivity index (χ1) is 15.7. The van der Waals surface area contributed by atoms with Crippen molar-refractivity contribution in [3.63, 3.8) is 0 Å². The molecule has 1 saturated carbocycles. The quantitative estimate of drug-likeness (QED) is 0.474. The SMILES string of the molecule is O=C(CCc1cccc(OC2CCCC2)c1)Nc1ccccc1NC(=O)c1ccccc1. The number of carbonyl (C=O) groups excluding carboxylic acids is 2. The summed E-state index contributed by atoms with van der Waals surface area (Å²) in [5.41, 5.74) is 2.79. The number of rotatable bonds is 8. The number of hydrogen-bond acceptors (Lipinski definition) is 3. The van der Waals surface area contributed by atoms with Crippen LogP contribution < -0.4 is 15.4 Å². The van der Waals surface area contributed by atoms with Crippen LogP contribution in [0.4, 0.5) is 11.4 Å². The van der Waals surface area contributed by atoms with Gasteiger partial charge in [0.2, 0.25) is 5.91 Å². The Balaban J connectivity index is 1.33. The number of nitrogens with one attached hydrogen (secondary N) is 2. The van der Waals surface area contributed by atoms with E-state index in [-0.39, 0.29) is 11.8 Å². The summed E-state index contributed by atoms with van der Waals surface area (Å²) < 4.78 is 6.07. The molecule has 32 heavy (non-hydrogen) atoms. The van der Waals surface area contributed by atoms with E-state index in [4.69, 9.17) is 4.74 Å². The summed E-state index contributed by atoms with van der Waals surface area (Å²) in [5, 5.41) is 5.80. The number of carbonyl (C=O) groups is 2. The van der Waals surface area contributed by atoms with E-state index >= 15 is 0 Å². The predicted molar refractivity (Wildman–Crippen MR) is 127 cm³/mol. The van der Waals surface area contributed by atoms with Gasteiger partial charge in [0.05, 0.1) is 17.5 Å². The monoisotopic (exact) mass is 428 g/mol. The van der Waals surface area contributed by atoms with Gasteiger partial charge in [-0.25, -0.2) is 0 Å². The molecule has 1 fully saturated rings. The molecule has 3 aromatic carbocycles. The smallest absolute Gasteiger partial charge is 0.255 e. The highest BCUT2D eigenvalue weighted by Crippen LogP contribution is 2.25. The van der Waals surface area contributed by atoms with Crippen LogP contribution in [0.15, 0.2) is 78.9 Å². The van der Waals surface area contributed by atoms with Gasteiger partial charge in [0.1, 0.15) is 5.75 Å². The van der Waals surface area contributed by atoms with Crippen LogP contribution in [0.25, 0.3) is 0 Å². The third-order valence-electron chi connectivity index (χ3n) is 5.63. The first kappa shape index (κ1) is 21.6. The molecule has 3 aromatic rings. The van der Waals surface area contributed by atoms with Crippen molar-refractivity contribution in [2.75, 3.05) is 10.6 Å². The maximum Gasteiger partial charge on any atom is 0.255 e. The Morgan fingerprint density at radius 1 is 0.812 bits per heavy atom. The Bertz CT molecular complexity index is 1060. The second-order valence-corrected chi connectivity index (χ2v) is 8.09. The van der Waals surface area contributed by atoms with E-state index in [1.807, 2.05) is 54.6 Å². The van der Waals surface area contributed by atoms with Gasteiger partial charge >= 0.3 is 0 Å². The van der Waals surface area contributed by atoms with Gasteiger partial charge in [-0.05, 0) is 74.1 Å². The largest absolute Gasteiger partial charge is 0.490 e. The Labute approximate surface area is 188 Å². The summed E-state index contributed by atoms with van der Waals surface area (Å²) in [4.78, 5) is 25.1. The number of hydrogen-bond donors (Lipinski definition) is 2. The number of para-hydroxylation sites is 2. The lowest BCUT2D eigenvalue weighted by Gasteiger charge is -2.14. The van der Waals surface area contributed by atoms with E-state index in [9.17, 15) is 9.59 Å². The molecule has 0 unspecified atom stereocenters. The lowest BCUT2D eigenvalue weighted by Crippen LogP contribution is -2.17. The highest BCUT2D eigenvalue weighted by Gasteiger charge is 2.16. The zero-order chi connectivity index (χ0) is 22.2. The van der Waals surface area contributed by atoms with Gasteiger partial charge in [-0.3, -0.25) is 9.59 Å². The molecule has 0 spiro atoms. The Morgan fingerprint density at radius 3 is 2.25 bits per heavy atom. The molecule has 0 saturated heterocycles. The second-order valence-electron chi connectivity index (χ2n) is 8.09. The molecular weight excluding hydrogens is 400 g/mol. The lowest BCUT2D eigenvalue weighted by atomic mass is 10.1. The normalized spacial score (nSPS) is 13.5. The topological polar surface area (TPSA) is 67.4 Å². The first-order valence-electron chi connectivity index (χ1n) is 11.2. The minimum atomic E-state index is -0.216. The molecule has 0 atom stereocenters. The highest BCUT2D eigenvalue weighted by molar-refractivity contribution is 6.07. The zero-order valence-corrected chi connectivity index (χ0v) is 18.1. The van der Waals surface area contributed by atoms with E-state index in [0.29, 0.717) is 35.9 Å². The first-order valence-corrected chi connectivity index (χ1v) is 11.2. The van der Waals surface area contributed by atoms with Crippen LogP contribution in [-0.4, -0.2) is 17.9 Å². The molecule has 2 amide bonds. The van der Waals surface area contributed by atoms with Gasteiger partial charge in [-0.2, -0.15) is 0 Å². The van der Waals surface area contributed by atoms with Crippen LogP contribution in [0.3, 0.4) is 0 Å². The number of anilines is 2. The van der Waals surface area contributed by atoms with E-state index in [1.165, 1.54) is 12.8 Å². The number of amides is 2. The standard InChI is InChI=1S/C27H28N2O3/c30-26(18-17-20-9-8-14-23(19-20)32-22-12-4-5-13-22)28-24-15-6-7-16-25(24)29-27(31)21-10-2-1-3-11-21/h1-3,6-11,14-16,19,22H,4-5,12-13,17-18H2,(H,28,30)(H,29,31). The molecule has 0 heterocycles. The van der Waals surface area contributed by atoms with E-state index < -0.39 is 0 Å². The molecule has 164 valence electrons. The summed E-state index contributed by atoms with van der Waals surface area (Å²) in [7, 11) is 0. The van der Waals surface area contributed by atoms with Crippen molar-refractivity contribution >= 4 is 23.2 Å². The predicted octanol–water partition coefficient (Wildman–Crippen LogP) is 5.83. The summed E-state index contributed by atoms with van der Waals surface area (Å²) in [6.45, 7) is 0. The van der Waals surface area contributed by atoms with Crippen molar-refractivity contribution < 1.29 is 14.3 Å². The molecule has 4 rings (SSSR count). The zero-order valence-electron chi connectivity index (χ0n) is 18.1. The number of aryl methyl sites for hydroxylation is 1. The fourth-order valence-corrected chi connectivity index (χ4v) is 3.93. The molecule has 0 aromatic heterocycles. The van der Waals surface area contributed by atoms with Crippen molar-refractivity contribution in [2.45, 2.75) is 44.6 Å². The molecule has 0 aliphatic heterocycles. The summed E-state index contributed by atoms with van der Waals surface area (Å²) in [5.74, 6) is 0.559.